The van der Waals surface area contributed by atoms with Crippen LogP contribution < -0.4 is 0 Å². The maximum absolute atomic E-state index is 12.8. The number of nitrogens with one attached hydrogen (secondary N) is 1. The number of pyridine rings is 1. The Labute approximate surface area is 141 Å². The van der Waals surface area contributed by atoms with Gasteiger partial charge < -0.3 is 4.98 Å². The van der Waals surface area contributed by atoms with Crippen LogP contribution in [0.4, 0.5) is 13.2 Å². The van der Waals surface area contributed by atoms with Crippen LogP contribution in [-0.2, 0) is 16.0 Å². The van der Waals surface area contributed by atoms with E-state index in [1.807, 2.05) is 0 Å². The van der Waals surface area contributed by atoms with Crippen molar-refractivity contribution < 1.29 is 21.6 Å². The van der Waals surface area contributed by atoms with Crippen molar-refractivity contribution >= 4 is 9.84 Å². The highest BCUT2D eigenvalue weighted by Gasteiger charge is 2.33. The smallest absolute Gasteiger partial charge is 0.334 e. The van der Waals surface area contributed by atoms with Gasteiger partial charge >= 0.3 is 6.18 Å². The Morgan fingerprint density at radius 1 is 1.00 bits per heavy atom. The molecule has 9 heteroatoms. The van der Waals surface area contributed by atoms with E-state index in [2.05, 4.69) is 15.0 Å². The normalized spacial score (nSPS) is 12.3. The topological polar surface area (TPSA) is 75.7 Å². The van der Waals surface area contributed by atoms with E-state index in [1.165, 1.54) is 24.4 Å². The number of nitrogens with zero attached hydrogens (tertiary/aromatic N) is 2. The zero-order valence-electron chi connectivity index (χ0n) is 12.9. The zero-order chi connectivity index (χ0) is 18.2. The van der Waals surface area contributed by atoms with Gasteiger partial charge in [0.1, 0.15) is 11.5 Å². The highest BCUT2D eigenvalue weighted by molar-refractivity contribution is 7.90. The van der Waals surface area contributed by atoms with Crippen molar-refractivity contribution in [3.63, 3.8) is 0 Å². The Bertz CT molecular complexity index is 1030. The van der Waals surface area contributed by atoms with Crippen LogP contribution in [0, 0.1) is 0 Å². The molecule has 0 fully saturated rings. The van der Waals surface area contributed by atoms with Crippen LogP contribution in [0.3, 0.4) is 0 Å². The number of sulfone groups is 1. The third-order valence-electron chi connectivity index (χ3n) is 3.49. The highest BCUT2D eigenvalue weighted by Crippen LogP contribution is 2.34. The van der Waals surface area contributed by atoms with Crippen LogP contribution in [0.2, 0.25) is 0 Å². The Morgan fingerprint density at radius 2 is 1.68 bits per heavy atom. The molecule has 0 bridgehead atoms. The van der Waals surface area contributed by atoms with E-state index in [4.69, 9.17) is 0 Å². The van der Waals surface area contributed by atoms with Crippen molar-refractivity contribution in [1.82, 2.24) is 15.0 Å². The van der Waals surface area contributed by atoms with Crippen molar-refractivity contribution in [3.05, 3.63) is 54.5 Å². The molecule has 1 aromatic carbocycles. The fourth-order valence-corrected chi connectivity index (χ4v) is 3.29. The van der Waals surface area contributed by atoms with Crippen LogP contribution >= 0.6 is 0 Å². The van der Waals surface area contributed by atoms with Gasteiger partial charge in [0, 0.05) is 23.6 Å². The van der Waals surface area contributed by atoms with Crippen molar-refractivity contribution in [2.75, 3.05) is 6.26 Å². The minimum Gasteiger partial charge on any atom is -0.334 e. The minimum atomic E-state index is -4.56. The second kappa shape index (κ2) is 5.99. The second-order valence-corrected chi connectivity index (χ2v) is 7.30. The van der Waals surface area contributed by atoms with Crippen LogP contribution in [0.5, 0.6) is 0 Å². The Kier molecular flexibility index (Phi) is 4.11. The number of H-pyrrole nitrogens is 1. The quantitative estimate of drug-likeness (QED) is 0.768. The third kappa shape index (κ3) is 3.41. The van der Waals surface area contributed by atoms with E-state index in [1.54, 1.807) is 18.2 Å². The van der Waals surface area contributed by atoms with Crippen molar-refractivity contribution in [2.24, 2.45) is 0 Å². The Morgan fingerprint density at radius 3 is 2.32 bits per heavy atom. The Hall–Kier alpha value is -2.68. The summed E-state index contributed by atoms with van der Waals surface area (Å²) in [6.07, 6.45) is -1.37. The number of aromatic amines is 1. The van der Waals surface area contributed by atoms with Gasteiger partial charge in [-0.05, 0) is 18.2 Å². The first kappa shape index (κ1) is 17.2. The SMILES string of the molecule is CS(=O)(=O)c1ccccc1-c1ncccc1-c1ncc(C(F)(F)F)[nH]1. The summed E-state index contributed by atoms with van der Waals surface area (Å²) >= 11 is 0. The average molecular weight is 367 g/mol. The summed E-state index contributed by atoms with van der Waals surface area (Å²) in [7, 11) is -3.55. The number of benzene rings is 1. The summed E-state index contributed by atoms with van der Waals surface area (Å²) in [5.41, 5.74) is -0.194. The summed E-state index contributed by atoms with van der Waals surface area (Å²) in [6, 6.07) is 9.24. The number of hydrogen-bond donors (Lipinski definition) is 1. The van der Waals surface area contributed by atoms with E-state index in [9.17, 15) is 21.6 Å². The molecule has 0 radical (unpaired) electrons. The fraction of sp³-hybridized carbons (Fsp3) is 0.125. The first-order valence-corrected chi connectivity index (χ1v) is 8.94. The molecule has 5 nitrogen and oxygen atoms in total. The Balaban J connectivity index is 2.21. The number of imidazole rings is 1. The van der Waals surface area contributed by atoms with Crippen LogP contribution in [0.15, 0.2) is 53.7 Å². The van der Waals surface area contributed by atoms with Crippen molar-refractivity contribution in [1.29, 1.82) is 0 Å². The summed E-state index contributed by atoms with van der Waals surface area (Å²) in [5, 5.41) is 0. The molecule has 1 N–H and O–H groups in total. The molecule has 3 aromatic rings. The zero-order valence-corrected chi connectivity index (χ0v) is 13.7. The standard InChI is InChI=1S/C16H12F3N3O2S/c1-25(23,24)12-7-3-2-5-10(12)14-11(6-4-8-20-14)15-21-9-13(22-15)16(17,18)19/h2-9H,1H3,(H,21,22). The number of rotatable bonds is 3. The van der Waals surface area contributed by atoms with Gasteiger partial charge in [0.15, 0.2) is 9.84 Å². The van der Waals surface area contributed by atoms with Crippen molar-refractivity contribution in [3.8, 4) is 22.6 Å². The van der Waals surface area contributed by atoms with Gasteiger partial charge in [-0.3, -0.25) is 4.98 Å². The molecule has 0 aliphatic heterocycles. The molecule has 0 atom stereocenters. The van der Waals surface area contributed by atoms with Crippen LogP contribution in [0.1, 0.15) is 5.69 Å². The number of aromatic nitrogens is 3. The predicted molar refractivity (Wildman–Crippen MR) is 85.4 cm³/mol. The molecule has 0 unspecified atom stereocenters. The maximum atomic E-state index is 12.8. The number of halogens is 3. The molecular formula is C16H12F3N3O2S. The van der Waals surface area contributed by atoms with Gasteiger partial charge in [0.05, 0.1) is 16.8 Å². The first-order chi connectivity index (χ1) is 11.7. The van der Waals surface area contributed by atoms with Crippen molar-refractivity contribution in [2.45, 2.75) is 11.1 Å². The molecule has 0 spiro atoms. The lowest BCUT2D eigenvalue weighted by Gasteiger charge is -2.10. The summed E-state index contributed by atoms with van der Waals surface area (Å²) in [4.78, 5) is 10.2. The molecule has 2 aromatic heterocycles. The van der Waals surface area contributed by atoms with E-state index in [0.717, 1.165) is 6.26 Å². The molecule has 3 rings (SSSR count). The summed E-state index contributed by atoms with van der Waals surface area (Å²) in [6.45, 7) is 0. The molecular weight excluding hydrogens is 355 g/mol. The van der Waals surface area contributed by atoms with E-state index in [0.29, 0.717) is 11.8 Å². The monoisotopic (exact) mass is 367 g/mol. The van der Waals surface area contributed by atoms with Gasteiger partial charge in [0.25, 0.3) is 0 Å². The molecule has 0 saturated carbocycles. The lowest BCUT2D eigenvalue weighted by molar-refractivity contribution is -0.140. The fourth-order valence-electron chi connectivity index (χ4n) is 2.40. The van der Waals surface area contributed by atoms with Gasteiger partial charge in [-0.25, -0.2) is 13.4 Å². The predicted octanol–water partition coefficient (Wildman–Crippen LogP) is 3.56. The van der Waals surface area contributed by atoms with Gasteiger partial charge in [-0.15, -0.1) is 0 Å². The molecule has 130 valence electrons. The van der Waals surface area contributed by atoms with Crippen LogP contribution in [0.25, 0.3) is 22.6 Å². The second-order valence-electron chi connectivity index (χ2n) is 5.31. The van der Waals surface area contributed by atoms with Crippen LogP contribution in [-0.4, -0.2) is 29.6 Å². The van der Waals surface area contributed by atoms with Gasteiger partial charge in [-0.2, -0.15) is 13.2 Å². The molecule has 0 aliphatic rings. The average Bonchev–Trinajstić information content (AvgIpc) is 3.04. The molecule has 25 heavy (non-hydrogen) atoms. The highest BCUT2D eigenvalue weighted by atomic mass is 32.2. The van der Waals surface area contributed by atoms with E-state index < -0.39 is 21.7 Å². The largest absolute Gasteiger partial charge is 0.432 e. The lowest BCUT2D eigenvalue weighted by Crippen LogP contribution is -2.05. The summed E-state index contributed by atoms with van der Waals surface area (Å²) < 4.78 is 62.4. The lowest BCUT2D eigenvalue weighted by atomic mass is 10.1. The number of alkyl halides is 3. The molecule has 0 aliphatic carbocycles. The first-order valence-electron chi connectivity index (χ1n) is 7.05. The van der Waals surface area contributed by atoms with Gasteiger partial charge in [0.2, 0.25) is 0 Å². The molecule has 2 heterocycles. The molecule has 0 saturated heterocycles. The molecule has 0 amide bonds. The van der Waals surface area contributed by atoms with Gasteiger partial charge in [-0.1, -0.05) is 18.2 Å². The summed E-state index contributed by atoms with van der Waals surface area (Å²) in [5.74, 6) is -0.0428. The number of hydrogen-bond acceptors (Lipinski definition) is 4. The van der Waals surface area contributed by atoms with E-state index >= 15 is 0 Å². The van der Waals surface area contributed by atoms with E-state index in [-0.39, 0.29) is 22.0 Å². The minimum absolute atomic E-state index is 0.0394. The third-order valence-corrected chi connectivity index (χ3v) is 4.64. The maximum Gasteiger partial charge on any atom is 0.432 e.